The summed E-state index contributed by atoms with van der Waals surface area (Å²) in [5.74, 6) is -0.825. The molecule has 0 aliphatic rings. The second-order valence-corrected chi connectivity index (χ2v) is 8.01. The number of pyridine rings is 1. The third-order valence-electron chi connectivity index (χ3n) is 4.28. The second-order valence-electron chi connectivity index (χ2n) is 8.01. The van der Waals surface area contributed by atoms with Crippen molar-refractivity contribution >= 4 is 17.8 Å². The van der Waals surface area contributed by atoms with Crippen molar-refractivity contribution in [3.8, 4) is 5.75 Å². The number of aromatic nitrogens is 1. The Labute approximate surface area is 180 Å². The Balaban J connectivity index is 2.06. The maximum Gasteiger partial charge on any atom is 0.408 e. The number of hydroxylamine groups is 1. The van der Waals surface area contributed by atoms with Crippen LogP contribution in [-0.2, 0) is 22.4 Å². The van der Waals surface area contributed by atoms with Crippen LogP contribution in [-0.4, -0.2) is 44.7 Å². The largest absolute Gasteiger partial charge is 0.506 e. The molecule has 1 aromatic carbocycles. The molecular formula is C22H27N3O6. The minimum Gasteiger partial charge on any atom is -0.506 e. The number of rotatable bonds is 8. The number of nitrogens with zero attached hydrogens (tertiary/aromatic N) is 1. The number of carbonyl (C=O) groups is 3. The Kier molecular flexibility index (Phi) is 8.09. The fourth-order valence-electron chi connectivity index (χ4n) is 2.77. The lowest BCUT2D eigenvalue weighted by Gasteiger charge is -2.23. The number of aromatic hydroxyl groups is 1. The number of nitrogens with one attached hydrogen (secondary N) is 2. The number of ether oxygens (including phenoxy) is 1. The molecule has 0 fully saturated rings. The predicted molar refractivity (Wildman–Crippen MR) is 112 cm³/mol. The van der Waals surface area contributed by atoms with Gasteiger partial charge in [-0.1, -0.05) is 12.1 Å². The van der Waals surface area contributed by atoms with E-state index in [4.69, 9.17) is 9.94 Å². The van der Waals surface area contributed by atoms with E-state index >= 15 is 0 Å². The maximum absolute atomic E-state index is 12.9. The van der Waals surface area contributed by atoms with Crippen molar-refractivity contribution in [3.63, 3.8) is 0 Å². The van der Waals surface area contributed by atoms with Crippen LogP contribution in [0.25, 0.3) is 0 Å². The molecule has 0 spiro atoms. The highest BCUT2D eigenvalue weighted by atomic mass is 16.6. The lowest BCUT2D eigenvalue weighted by atomic mass is 9.99. The minimum absolute atomic E-state index is 0.00468. The van der Waals surface area contributed by atoms with Crippen LogP contribution in [0.15, 0.2) is 42.6 Å². The van der Waals surface area contributed by atoms with Gasteiger partial charge in [0, 0.05) is 24.1 Å². The Bertz CT molecular complexity index is 904. The van der Waals surface area contributed by atoms with Gasteiger partial charge in [-0.25, -0.2) is 10.3 Å². The van der Waals surface area contributed by atoms with E-state index in [1.165, 1.54) is 12.3 Å². The van der Waals surface area contributed by atoms with Crippen molar-refractivity contribution in [2.45, 2.75) is 51.7 Å². The van der Waals surface area contributed by atoms with Crippen LogP contribution in [0.4, 0.5) is 4.79 Å². The molecular weight excluding hydrogens is 402 g/mol. The SMILES string of the molecule is CC(C)(C)OC(=O)NC(Cc1ccc(O)cn1)C(=O)CCc1ccc(C(=O)NO)cc1. The van der Waals surface area contributed by atoms with Crippen LogP contribution in [0, 0.1) is 0 Å². The number of benzene rings is 1. The van der Waals surface area contributed by atoms with Crippen molar-refractivity contribution in [2.24, 2.45) is 0 Å². The van der Waals surface area contributed by atoms with Gasteiger partial charge in [0.25, 0.3) is 5.91 Å². The highest BCUT2D eigenvalue weighted by Crippen LogP contribution is 2.13. The third-order valence-corrected chi connectivity index (χ3v) is 4.28. The smallest absolute Gasteiger partial charge is 0.408 e. The summed E-state index contributed by atoms with van der Waals surface area (Å²) in [4.78, 5) is 40.6. The Morgan fingerprint density at radius 3 is 2.32 bits per heavy atom. The number of carbonyl (C=O) groups excluding carboxylic acids is 3. The molecule has 2 amide bonds. The van der Waals surface area contributed by atoms with Gasteiger partial charge in [-0.05, 0) is 57.0 Å². The van der Waals surface area contributed by atoms with Crippen LogP contribution >= 0.6 is 0 Å². The molecule has 1 aromatic heterocycles. The van der Waals surface area contributed by atoms with Crippen LogP contribution in [0.2, 0.25) is 0 Å². The molecule has 9 nitrogen and oxygen atoms in total. The zero-order valence-electron chi connectivity index (χ0n) is 17.7. The first kappa shape index (κ1) is 23.8. The molecule has 0 radical (unpaired) electrons. The van der Waals surface area contributed by atoms with Gasteiger partial charge in [-0.2, -0.15) is 0 Å². The van der Waals surface area contributed by atoms with Crippen molar-refractivity contribution in [2.75, 3.05) is 0 Å². The molecule has 1 atom stereocenters. The molecule has 0 bridgehead atoms. The average Bonchev–Trinajstić information content (AvgIpc) is 2.71. The number of Topliss-reactive ketones (excluding diaryl/α,β-unsaturated/α-hetero) is 1. The van der Waals surface area contributed by atoms with Gasteiger partial charge in [0.2, 0.25) is 0 Å². The quantitative estimate of drug-likeness (QED) is 0.374. The summed E-state index contributed by atoms with van der Waals surface area (Å²) >= 11 is 0. The molecule has 2 aromatic rings. The molecule has 2 rings (SSSR count). The van der Waals surface area contributed by atoms with Crippen molar-refractivity contribution < 1.29 is 29.4 Å². The van der Waals surface area contributed by atoms with E-state index in [9.17, 15) is 19.5 Å². The van der Waals surface area contributed by atoms with Crippen LogP contribution in [0.5, 0.6) is 5.75 Å². The number of hydrogen-bond donors (Lipinski definition) is 4. The average molecular weight is 429 g/mol. The molecule has 0 aliphatic carbocycles. The second kappa shape index (κ2) is 10.5. The molecule has 166 valence electrons. The fraction of sp³-hybridized carbons (Fsp3) is 0.364. The first-order valence-corrected chi connectivity index (χ1v) is 9.77. The van der Waals surface area contributed by atoms with Gasteiger partial charge >= 0.3 is 6.09 Å². The zero-order chi connectivity index (χ0) is 23.0. The molecule has 9 heteroatoms. The van der Waals surface area contributed by atoms with E-state index in [-0.39, 0.29) is 24.4 Å². The lowest BCUT2D eigenvalue weighted by Crippen LogP contribution is -2.45. The third kappa shape index (κ3) is 8.06. The summed E-state index contributed by atoms with van der Waals surface area (Å²) in [5, 5.41) is 20.7. The first-order valence-electron chi connectivity index (χ1n) is 9.77. The number of hydrogen-bond acceptors (Lipinski definition) is 7. The summed E-state index contributed by atoms with van der Waals surface area (Å²) in [7, 11) is 0. The van der Waals surface area contributed by atoms with E-state index < -0.39 is 23.6 Å². The normalized spacial score (nSPS) is 12.0. The van der Waals surface area contributed by atoms with E-state index in [1.54, 1.807) is 56.6 Å². The van der Waals surface area contributed by atoms with Crippen LogP contribution in [0.1, 0.15) is 48.8 Å². The van der Waals surface area contributed by atoms with Crippen LogP contribution in [0.3, 0.4) is 0 Å². The van der Waals surface area contributed by atoms with Crippen molar-refractivity contribution in [1.82, 2.24) is 15.8 Å². The number of amides is 2. The first-order chi connectivity index (χ1) is 14.6. The summed E-state index contributed by atoms with van der Waals surface area (Å²) in [6.45, 7) is 5.18. The van der Waals surface area contributed by atoms with Gasteiger partial charge < -0.3 is 15.2 Å². The van der Waals surface area contributed by atoms with Crippen molar-refractivity contribution in [3.05, 3.63) is 59.4 Å². The number of aryl methyl sites for hydroxylation is 1. The summed E-state index contributed by atoms with van der Waals surface area (Å²) in [6, 6.07) is 8.65. The number of ketones is 1. The summed E-state index contributed by atoms with van der Waals surface area (Å²) in [5.41, 5.74) is 2.50. The van der Waals surface area contributed by atoms with E-state index in [2.05, 4.69) is 10.3 Å². The van der Waals surface area contributed by atoms with Gasteiger partial charge in [-0.15, -0.1) is 0 Å². The van der Waals surface area contributed by atoms with Gasteiger partial charge in [0.15, 0.2) is 5.78 Å². The number of alkyl carbamates (subject to hydrolysis) is 1. The monoisotopic (exact) mass is 429 g/mol. The molecule has 4 N–H and O–H groups in total. The molecule has 0 saturated heterocycles. The highest BCUT2D eigenvalue weighted by molar-refractivity contribution is 5.93. The molecule has 31 heavy (non-hydrogen) atoms. The van der Waals surface area contributed by atoms with Crippen LogP contribution < -0.4 is 10.8 Å². The Morgan fingerprint density at radius 2 is 1.77 bits per heavy atom. The Hall–Kier alpha value is -3.46. The molecule has 1 unspecified atom stereocenters. The van der Waals surface area contributed by atoms with Crippen molar-refractivity contribution in [1.29, 1.82) is 0 Å². The zero-order valence-corrected chi connectivity index (χ0v) is 17.7. The van der Waals surface area contributed by atoms with E-state index in [0.717, 1.165) is 5.56 Å². The lowest BCUT2D eigenvalue weighted by molar-refractivity contribution is -0.121. The van der Waals surface area contributed by atoms with Gasteiger partial charge in [-0.3, -0.25) is 19.8 Å². The fourth-order valence-corrected chi connectivity index (χ4v) is 2.77. The summed E-state index contributed by atoms with van der Waals surface area (Å²) in [6.07, 6.45) is 1.26. The predicted octanol–water partition coefficient (Wildman–Crippen LogP) is 2.54. The van der Waals surface area contributed by atoms with E-state index in [0.29, 0.717) is 17.7 Å². The standard InChI is InChI=1S/C22H27N3O6/c1-22(2,3)31-21(29)24-18(12-16-9-10-17(26)13-23-16)19(27)11-6-14-4-7-15(8-5-14)20(28)25-30/h4-5,7-10,13,18,26,30H,6,11-12H2,1-3H3,(H,24,29)(H,25,28). The highest BCUT2D eigenvalue weighted by Gasteiger charge is 2.25. The van der Waals surface area contributed by atoms with Gasteiger partial charge in [0.05, 0.1) is 12.2 Å². The van der Waals surface area contributed by atoms with E-state index in [1.807, 2.05) is 0 Å². The maximum atomic E-state index is 12.9. The van der Waals surface area contributed by atoms with Gasteiger partial charge in [0.1, 0.15) is 11.4 Å². The Morgan fingerprint density at radius 1 is 1.10 bits per heavy atom. The summed E-state index contributed by atoms with van der Waals surface area (Å²) < 4.78 is 5.26. The molecule has 0 saturated carbocycles. The topological polar surface area (TPSA) is 138 Å². The molecule has 0 aliphatic heterocycles. The minimum atomic E-state index is -0.855. The molecule has 1 heterocycles.